The van der Waals surface area contributed by atoms with Crippen molar-refractivity contribution in [3.63, 3.8) is 0 Å². The second-order valence-corrected chi connectivity index (χ2v) is 6.08. The highest BCUT2D eigenvalue weighted by Crippen LogP contribution is 2.32. The third kappa shape index (κ3) is 3.55. The molecule has 0 atom stereocenters. The van der Waals surface area contributed by atoms with Gasteiger partial charge in [-0.2, -0.15) is 0 Å². The van der Waals surface area contributed by atoms with E-state index in [9.17, 15) is 9.18 Å². The van der Waals surface area contributed by atoms with Gasteiger partial charge in [0.25, 0.3) is 5.56 Å². The Labute approximate surface area is 205 Å². The average Bonchev–Trinajstić information content (AvgIpc) is 3.36. The fourth-order valence-electron chi connectivity index (χ4n) is 2.79. The van der Waals surface area contributed by atoms with E-state index in [0.717, 1.165) is 12.1 Å². The summed E-state index contributed by atoms with van der Waals surface area (Å²) in [6.45, 7) is -20.8. The summed E-state index contributed by atoms with van der Waals surface area (Å²) in [6, 6.07) is 2.31. The molecule has 2 aliphatic rings. The maximum absolute atomic E-state index is 14.1. The minimum atomic E-state index is -4.60. The number of hydrogen-bond acceptors (Lipinski definition) is 5. The zero-order valence-electron chi connectivity index (χ0n) is 36.9. The molecule has 0 amide bonds. The molecule has 1 saturated heterocycles. The van der Waals surface area contributed by atoms with E-state index in [-0.39, 0.29) is 4.57 Å². The van der Waals surface area contributed by atoms with E-state index in [1.54, 1.807) is 0 Å². The van der Waals surface area contributed by atoms with Gasteiger partial charge < -0.3 is 9.42 Å². The fourth-order valence-corrected chi connectivity index (χ4v) is 2.79. The Bertz CT molecular complexity index is 2010. The first-order valence-corrected chi connectivity index (χ1v) is 8.49. The number of piperidine rings is 1. The van der Waals surface area contributed by atoms with Crippen LogP contribution in [0.25, 0.3) is 11.0 Å². The molecule has 158 valence electrons. The summed E-state index contributed by atoms with van der Waals surface area (Å²) in [6.07, 6.45) is -20.9. The summed E-state index contributed by atoms with van der Waals surface area (Å²) in [4.78, 5) is 16.7. The van der Waals surface area contributed by atoms with Gasteiger partial charge in [0.2, 0.25) is 0 Å². The first kappa shape index (κ1) is 6.73. The lowest BCUT2D eigenvalue weighted by atomic mass is 9.91. The Morgan fingerprint density at radius 3 is 3.07 bits per heavy atom. The van der Waals surface area contributed by atoms with E-state index in [1.165, 1.54) is 0 Å². The maximum Gasteiger partial charge on any atom is 0.256 e. The summed E-state index contributed by atoms with van der Waals surface area (Å²) in [7, 11) is 0. The van der Waals surface area contributed by atoms with E-state index >= 15 is 0 Å². The molecule has 0 N–H and O–H groups in total. The molecule has 30 heavy (non-hydrogen) atoms. The Hall–Kier alpha value is -2.54. The van der Waals surface area contributed by atoms with Gasteiger partial charge in [-0.15, -0.1) is 0 Å². The maximum atomic E-state index is 14.1. The second-order valence-electron chi connectivity index (χ2n) is 6.08. The monoisotopic (exact) mass is 432 g/mol. The molecule has 1 fully saturated rings. The zero-order valence-corrected chi connectivity index (χ0v) is 14.9. The van der Waals surface area contributed by atoms with Crippen LogP contribution in [0, 0.1) is 12.7 Å². The quantitative estimate of drug-likeness (QED) is 0.630. The number of hydrogen-bond donors (Lipinski definition) is 0. The molecular weight excluding hydrogens is 383 g/mol. The first-order chi connectivity index (χ1) is 23.0. The van der Waals surface area contributed by atoms with Gasteiger partial charge in [0, 0.05) is 78.2 Å². The van der Waals surface area contributed by atoms with Gasteiger partial charge >= 0.3 is 0 Å². The predicted octanol–water partition coefficient (Wildman–Crippen LogP) is 3.59. The highest BCUT2D eigenvalue weighted by atomic mass is 19.1. The molecule has 4 heterocycles. The molecule has 0 spiro atoms. The summed E-state index contributed by atoms with van der Waals surface area (Å²) < 4.78 is 206. The molecule has 3 aromatic rings. The summed E-state index contributed by atoms with van der Waals surface area (Å²) >= 11 is 0. The van der Waals surface area contributed by atoms with Gasteiger partial charge in [0.1, 0.15) is 11.6 Å². The molecule has 0 bridgehead atoms. The summed E-state index contributed by atoms with van der Waals surface area (Å²) in [5, 5.41) is 2.95. The lowest BCUT2D eigenvalue weighted by molar-refractivity contribution is 0.211. The molecule has 2 aliphatic heterocycles. The van der Waals surface area contributed by atoms with E-state index in [1.807, 2.05) is 0 Å². The van der Waals surface area contributed by atoms with Crippen molar-refractivity contribution >= 4 is 11.0 Å². The highest BCUT2D eigenvalue weighted by Gasteiger charge is 2.25. The second kappa shape index (κ2) is 7.95. The third-order valence-corrected chi connectivity index (χ3v) is 4.20. The number of likely N-dealkylation sites (tertiary alicyclic amines) is 1. The number of halogens is 1. The molecule has 6 nitrogen and oxygen atoms in total. The number of fused-ring (bicyclic) bond motifs is 2. The molecule has 1 aromatic carbocycles. The smallest absolute Gasteiger partial charge is 0.256 e. The standard InChI is InChI=1S/C23H27FN4O2/c1-15-18(23(29)28-10-3-2-4-21(28)25-15)9-13-27-11-7-16(8-12-27)22-19-6-5-17(24)14-20(19)30-26-22/h5-6,14,16H,2-4,7-13H2,1H3/i1D3,2D2,3D2,7D2,8D2,9D2,10D2,11D2,12D2,13D2,16D. The van der Waals surface area contributed by atoms with Crippen molar-refractivity contribution in [3.8, 4) is 0 Å². The van der Waals surface area contributed by atoms with Crippen LogP contribution in [0.4, 0.5) is 4.39 Å². The van der Waals surface area contributed by atoms with Crippen molar-refractivity contribution in [1.82, 2.24) is 19.6 Å². The SMILES string of the molecule is [2H]C([2H])([2H])c1nc2n(c(=O)c1C([2H])([2H])C([2H])([2H])N1C([2H])([2H])C([2H])([2H])C([2H])(c3noc4cc(F)ccc34)C([2H])([2H])C1([2H])[2H])C([2H])([2H])C([2H])([2H])C([2H])([2H])C2. The van der Waals surface area contributed by atoms with Crippen molar-refractivity contribution in [1.29, 1.82) is 0 Å². The minimum Gasteiger partial charge on any atom is -0.356 e. The van der Waals surface area contributed by atoms with E-state index in [2.05, 4.69) is 10.1 Å². The Balaban J connectivity index is 1.82. The topological polar surface area (TPSA) is 64.2 Å². The van der Waals surface area contributed by atoms with Gasteiger partial charge in [0.15, 0.2) is 5.58 Å². The van der Waals surface area contributed by atoms with Gasteiger partial charge in [-0.05, 0) is 63.8 Å². The van der Waals surface area contributed by atoms with Crippen molar-refractivity contribution in [2.45, 2.75) is 57.5 Å². The Kier molecular flexibility index (Phi) is 1.78. The molecule has 0 saturated carbocycles. The largest absolute Gasteiger partial charge is 0.356 e. The number of aromatic nitrogens is 3. The fraction of sp³-hybridized carbons (Fsp3) is 0.522. The van der Waals surface area contributed by atoms with Gasteiger partial charge in [-0.1, -0.05) is 5.16 Å². The van der Waals surface area contributed by atoms with Crippen molar-refractivity contribution in [2.75, 3.05) is 19.5 Å². The van der Waals surface area contributed by atoms with Crippen LogP contribution in [-0.2, 0) is 19.3 Å². The van der Waals surface area contributed by atoms with Crippen molar-refractivity contribution in [2.24, 2.45) is 0 Å². The molecule has 0 aliphatic carbocycles. The molecule has 7 heteroatoms. The molecule has 0 radical (unpaired) electrons. The predicted molar refractivity (Wildman–Crippen MR) is 112 cm³/mol. The van der Waals surface area contributed by atoms with Crippen LogP contribution in [0.1, 0.15) is 84.3 Å². The minimum absolute atomic E-state index is 0.238. The van der Waals surface area contributed by atoms with Gasteiger partial charge in [-0.3, -0.25) is 9.36 Å². The van der Waals surface area contributed by atoms with Crippen LogP contribution in [0.15, 0.2) is 27.5 Å². The number of benzene rings is 1. The van der Waals surface area contributed by atoms with Crippen molar-refractivity contribution < 1.29 is 39.1 Å². The van der Waals surface area contributed by atoms with Crippen LogP contribution < -0.4 is 5.56 Å². The van der Waals surface area contributed by atoms with Crippen LogP contribution in [0.3, 0.4) is 0 Å². The highest BCUT2D eigenvalue weighted by molar-refractivity contribution is 5.79. The van der Waals surface area contributed by atoms with Crippen molar-refractivity contribution in [3.05, 3.63) is 57.1 Å². The first-order valence-electron chi connectivity index (χ1n) is 19.5. The third-order valence-electron chi connectivity index (χ3n) is 4.20. The number of aryl methyl sites for hydroxylation is 2. The molecular formula is C23H27FN4O2. The number of nitrogens with zero attached hydrogens (tertiary/aromatic N) is 4. The van der Waals surface area contributed by atoms with Crippen LogP contribution >= 0.6 is 0 Å². The molecule has 0 unspecified atom stereocenters. The van der Waals surface area contributed by atoms with Gasteiger partial charge in [-0.25, -0.2) is 9.37 Å². The van der Waals surface area contributed by atoms with Crippen LogP contribution in [0.5, 0.6) is 0 Å². The van der Waals surface area contributed by atoms with E-state index in [0.29, 0.717) is 6.07 Å². The van der Waals surface area contributed by atoms with E-state index < -0.39 is 127 Å². The zero-order chi connectivity index (χ0) is 40.2. The Morgan fingerprint density at radius 1 is 1.37 bits per heavy atom. The Morgan fingerprint density at radius 2 is 2.23 bits per heavy atom. The average molecular weight is 433 g/mol. The van der Waals surface area contributed by atoms with Crippen LogP contribution in [0.2, 0.25) is 0 Å². The lowest BCUT2D eigenvalue weighted by Crippen LogP contribution is -2.37. The normalized spacial score (nSPS) is 43.1. The van der Waals surface area contributed by atoms with E-state index in [4.69, 9.17) is 34.7 Å². The lowest BCUT2D eigenvalue weighted by Gasteiger charge is -2.31. The summed E-state index contributed by atoms with van der Waals surface area (Å²) in [5.74, 6) is -5.84. The summed E-state index contributed by atoms with van der Waals surface area (Å²) in [5.41, 5.74) is -7.35. The van der Waals surface area contributed by atoms with Gasteiger partial charge in [0.05, 0.1) is 5.69 Å². The molecule has 5 rings (SSSR count). The van der Waals surface area contributed by atoms with Crippen LogP contribution in [-0.4, -0.2) is 39.1 Å². The molecule has 2 aromatic heterocycles. The number of rotatable bonds is 4.